The summed E-state index contributed by atoms with van der Waals surface area (Å²) in [7, 11) is 2.26. The molecule has 1 aliphatic heterocycles. The van der Waals surface area contributed by atoms with Gasteiger partial charge in [-0.15, -0.1) is 0 Å². The SMILES string of the molecule is CCCN(C)CCC(CC(C)C)N1CCNCC1. The van der Waals surface area contributed by atoms with Crippen molar-refractivity contribution in [3.05, 3.63) is 0 Å². The third-order valence-corrected chi connectivity index (χ3v) is 3.86. The molecule has 1 fully saturated rings. The minimum Gasteiger partial charge on any atom is -0.314 e. The summed E-state index contributed by atoms with van der Waals surface area (Å²) in [5.74, 6) is 0.807. The first kappa shape index (κ1) is 15.9. The summed E-state index contributed by atoms with van der Waals surface area (Å²) in [6.07, 6.45) is 3.94. The second-order valence-electron chi connectivity index (χ2n) is 6.16. The number of nitrogens with zero attached hydrogens (tertiary/aromatic N) is 2. The highest BCUT2D eigenvalue weighted by molar-refractivity contribution is 4.78. The summed E-state index contributed by atoms with van der Waals surface area (Å²) < 4.78 is 0. The molecule has 1 rings (SSSR count). The fourth-order valence-electron chi connectivity index (χ4n) is 2.90. The third kappa shape index (κ3) is 6.17. The van der Waals surface area contributed by atoms with Crippen LogP contribution in [0.25, 0.3) is 0 Å². The minimum absolute atomic E-state index is 0.784. The van der Waals surface area contributed by atoms with E-state index in [0.717, 1.165) is 12.0 Å². The van der Waals surface area contributed by atoms with Gasteiger partial charge in [-0.1, -0.05) is 20.8 Å². The largest absolute Gasteiger partial charge is 0.314 e. The van der Waals surface area contributed by atoms with Crippen LogP contribution in [-0.4, -0.2) is 62.2 Å². The predicted molar refractivity (Wildman–Crippen MR) is 80.1 cm³/mol. The van der Waals surface area contributed by atoms with E-state index in [1.807, 2.05) is 0 Å². The summed E-state index contributed by atoms with van der Waals surface area (Å²) in [5.41, 5.74) is 0. The molecule has 0 aromatic carbocycles. The van der Waals surface area contributed by atoms with Crippen molar-refractivity contribution in [3.8, 4) is 0 Å². The average Bonchev–Trinajstić information content (AvgIpc) is 2.35. The Bertz CT molecular complexity index is 200. The number of hydrogen-bond acceptors (Lipinski definition) is 3. The Morgan fingerprint density at radius 3 is 2.39 bits per heavy atom. The zero-order valence-electron chi connectivity index (χ0n) is 12.9. The Labute approximate surface area is 114 Å². The standard InChI is InChI=1S/C15H33N3/c1-5-9-17(4)10-6-15(13-14(2)3)18-11-7-16-8-12-18/h14-16H,5-13H2,1-4H3. The topological polar surface area (TPSA) is 18.5 Å². The molecule has 0 bridgehead atoms. The molecule has 1 N–H and O–H groups in total. The van der Waals surface area contributed by atoms with E-state index in [9.17, 15) is 0 Å². The van der Waals surface area contributed by atoms with Gasteiger partial charge in [0.15, 0.2) is 0 Å². The number of nitrogens with one attached hydrogen (secondary N) is 1. The van der Waals surface area contributed by atoms with Gasteiger partial charge in [0, 0.05) is 32.2 Å². The van der Waals surface area contributed by atoms with Crippen LogP contribution in [0.5, 0.6) is 0 Å². The Morgan fingerprint density at radius 2 is 1.83 bits per heavy atom. The van der Waals surface area contributed by atoms with E-state index in [2.05, 4.69) is 42.9 Å². The Balaban J connectivity index is 2.38. The van der Waals surface area contributed by atoms with Gasteiger partial charge in [-0.2, -0.15) is 0 Å². The lowest BCUT2D eigenvalue weighted by Crippen LogP contribution is -2.49. The highest BCUT2D eigenvalue weighted by Crippen LogP contribution is 2.16. The Hall–Kier alpha value is -0.120. The molecular weight excluding hydrogens is 222 g/mol. The quantitative estimate of drug-likeness (QED) is 0.716. The van der Waals surface area contributed by atoms with Crippen molar-refractivity contribution < 1.29 is 0 Å². The predicted octanol–water partition coefficient (Wildman–Crippen LogP) is 2.04. The number of rotatable bonds is 8. The zero-order chi connectivity index (χ0) is 13.4. The molecule has 3 heteroatoms. The van der Waals surface area contributed by atoms with Crippen molar-refractivity contribution >= 4 is 0 Å². The molecule has 108 valence electrons. The first-order valence-corrected chi connectivity index (χ1v) is 7.76. The highest BCUT2D eigenvalue weighted by atomic mass is 15.2. The van der Waals surface area contributed by atoms with Gasteiger partial charge in [0.2, 0.25) is 0 Å². The van der Waals surface area contributed by atoms with Crippen molar-refractivity contribution in [2.75, 3.05) is 46.3 Å². The monoisotopic (exact) mass is 255 g/mol. The first-order chi connectivity index (χ1) is 8.63. The summed E-state index contributed by atoms with van der Waals surface area (Å²) in [6.45, 7) is 14.2. The van der Waals surface area contributed by atoms with E-state index in [-0.39, 0.29) is 0 Å². The molecule has 1 heterocycles. The van der Waals surface area contributed by atoms with Gasteiger partial charge in [0.1, 0.15) is 0 Å². The molecule has 1 aliphatic rings. The van der Waals surface area contributed by atoms with E-state index in [0.29, 0.717) is 0 Å². The molecule has 1 unspecified atom stereocenters. The van der Waals surface area contributed by atoms with Crippen LogP contribution in [0.15, 0.2) is 0 Å². The molecule has 3 nitrogen and oxygen atoms in total. The molecule has 1 saturated heterocycles. The van der Waals surface area contributed by atoms with Crippen LogP contribution < -0.4 is 5.32 Å². The molecule has 0 radical (unpaired) electrons. The third-order valence-electron chi connectivity index (χ3n) is 3.86. The summed E-state index contributed by atoms with van der Waals surface area (Å²) >= 11 is 0. The van der Waals surface area contributed by atoms with Crippen LogP contribution in [0.4, 0.5) is 0 Å². The fourth-order valence-corrected chi connectivity index (χ4v) is 2.90. The first-order valence-electron chi connectivity index (χ1n) is 7.76. The van der Waals surface area contributed by atoms with Gasteiger partial charge in [-0.25, -0.2) is 0 Å². The highest BCUT2D eigenvalue weighted by Gasteiger charge is 2.21. The maximum atomic E-state index is 3.46. The van der Waals surface area contributed by atoms with E-state index in [1.54, 1.807) is 0 Å². The molecular formula is C15H33N3. The van der Waals surface area contributed by atoms with Crippen molar-refractivity contribution in [1.82, 2.24) is 15.1 Å². The summed E-state index contributed by atoms with van der Waals surface area (Å²) in [5, 5.41) is 3.46. The van der Waals surface area contributed by atoms with Gasteiger partial charge in [0.05, 0.1) is 0 Å². The maximum Gasteiger partial charge on any atom is 0.0111 e. The second-order valence-corrected chi connectivity index (χ2v) is 6.16. The molecule has 0 saturated carbocycles. The number of hydrogen-bond donors (Lipinski definition) is 1. The van der Waals surface area contributed by atoms with Crippen molar-refractivity contribution in [2.45, 2.75) is 46.1 Å². The molecule has 0 aromatic heterocycles. The van der Waals surface area contributed by atoms with Crippen LogP contribution in [0, 0.1) is 5.92 Å². The fraction of sp³-hybridized carbons (Fsp3) is 1.00. The average molecular weight is 255 g/mol. The van der Waals surface area contributed by atoms with Crippen molar-refractivity contribution in [3.63, 3.8) is 0 Å². The van der Waals surface area contributed by atoms with E-state index in [1.165, 1.54) is 58.5 Å². The van der Waals surface area contributed by atoms with Gasteiger partial charge < -0.3 is 10.2 Å². The lowest BCUT2D eigenvalue weighted by Gasteiger charge is -2.36. The Kier molecular flexibility index (Phi) is 7.87. The Morgan fingerprint density at radius 1 is 1.17 bits per heavy atom. The zero-order valence-corrected chi connectivity index (χ0v) is 12.9. The normalized spacial score (nSPS) is 19.7. The van der Waals surface area contributed by atoms with E-state index < -0.39 is 0 Å². The van der Waals surface area contributed by atoms with Gasteiger partial charge in [-0.3, -0.25) is 4.90 Å². The lowest BCUT2D eigenvalue weighted by molar-refractivity contribution is 0.134. The van der Waals surface area contributed by atoms with Crippen molar-refractivity contribution in [2.24, 2.45) is 5.92 Å². The molecule has 18 heavy (non-hydrogen) atoms. The second kappa shape index (κ2) is 8.89. The lowest BCUT2D eigenvalue weighted by atomic mass is 9.98. The van der Waals surface area contributed by atoms with Gasteiger partial charge >= 0.3 is 0 Å². The van der Waals surface area contributed by atoms with Crippen LogP contribution in [-0.2, 0) is 0 Å². The van der Waals surface area contributed by atoms with Crippen LogP contribution in [0.2, 0.25) is 0 Å². The maximum absolute atomic E-state index is 3.46. The molecule has 0 aliphatic carbocycles. The van der Waals surface area contributed by atoms with E-state index in [4.69, 9.17) is 0 Å². The smallest absolute Gasteiger partial charge is 0.0111 e. The summed E-state index contributed by atoms with van der Waals surface area (Å²) in [6, 6.07) is 0.784. The van der Waals surface area contributed by atoms with Crippen LogP contribution in [0.3, 0.4) is 0 Å². The molecule has 0 spiro atoms. The van der Waals surface area contributed by atoms with Crippen molar-refractivity contribution in [1.29, 1.82) is 0 Å². The van der Waals surface area contributed by atoms with Gasteiger partial charge in [0.25, 0.3) is 0 Å². The molecule has 1 atom stereocenters. The summed E-state index contributed by atoms with van der Waals surface area (Å²) in [4.78, 5) is 5.19. The van der Waals surface area contributed by atoms with Crippen LogP contribution >= 0.6 is 0 Å². The molecule has 0 aromatic rings. The molecule has 0 amide bonds. The number of piperazine rings is 1. The van der Waals surface area contributed by atoms with Gasteiger partial charge in [-0.05, 0) is 45.3 Å². The van der Waals surface area contributed by atoms with E-state index >= 15 is 0 Å². The van der Waals surface area contributed by atoms with Crippen LogP contribution in [0.1, 0.15) is 40.0 Å². The minimum atomic E-state index is 0.784.